The van der Waals surface area contributed by atoms with Gasteiger partial charge in [-0.05, 0) is 65.8 Å². The van der Waals surface area contributed by atoms with Crippen LogP contribution in [0.3, 0.4) is 0 Å². The molecule has 0 aliphatic carbocycles. The summed E-state index contributed by atoms with van der Waals surface area (Å²) in [5.74, 6) is 0.0754. The minimum atomic E-state index is -2.84. The second kappa shape index (κ2) is 18.2. The van der Waals surface area contributed by atoms with Crippen LogP contribution in [0, 0.1) is 11.8 Å². The van der Waals surface area contributed by atoms with Gasteiger partial charge in [-0.2, -0.15) is 0 Å². The Morgan fingerprint density at radius 3 is 2.08 bits per heavy atom. The molecule has 0 radical (unpaired) electrons. The van der Waals surface area contributed by atoms with Crippen molar-refractivity contribution < 1.29 is 33.6 Å². The Labute approximate surface area is 296 Å². The number of methoxy groups -OCH3 is 1. The van der Waals surface area contributed by atoms with Crippen LogP contribution in [-0.2, 0) is 23.4 Å². The number of hydrogen-bond acceptors (Lipinski definition) is 6. The molecule has 272 valence electrons. The van der Waals surface area contributed by atoms with E-state index in [4.69, 9.17) is 18.6 Å². The Balaban J connectivity index is 1.51. The van der Waals surface area contributed by atoms with Gasteiger partial charge in [0.15, 0.2) is 0 Å². The topological polar surface area (TPSA) is 94.5 Å². The first-order chi connectivity index (χ1) is 23.3. The standard InChI is InChI=1S/C41H62O7Si/c1-29(2)15-14-16-31(42)23-32-22-21-30(3)39(47-32)27-33(45-7)24-34-25-36(26-35(46-34)28-40(43)44)48-49(41(4,5)6,37-17-10-8-11-18-37)38-19-12-9-13-20-38/h8-14,16-20,29-36,39,42H,15,21-28H2,1-7H3,(H,43,44)/b16-14+/t30-,31+,32-,33-,34+,35+,36+,39+/m0/s1. The summed E-state index contributed by atoms with van der Waals surface area (Å²) in [6, 6.07) is 21.2. The first-order valence-corrected chi connectivity index (χ1v) is 20.4. The monoisotopic (exact) mass is 694 g/mol. The van der Waals surface area contributed by atoms with E-state index < -0.39 is 26.5 Å². The lowest BCUT2D eigenvalue weighted by atomic mass is 9.87. The fourth-order valence-corrected chi connectivity index (χ4v) is 12.5. The number of carboxylic acid groups (broad SMARTS) is 1. The molecular formula is C41H62O7Si. The van der Waals surface area contributed by atoms with Crippen LogP contribution in [0.15, 0.2) is 72.8 Å². The molecule has 0 spiro atoms. The summed E-state index contributed by atoms with van der Waals surface area (Å²) in [5, 5.41) is 22.7. The molecule has 2 fully saturated rings. The van der Waals surface area contributed by atoms with E-state index in [1.165, 1.54) is 10.4 Å². The Morgan fingerprint density at radius 2 is 1.53 bits per heavy atom. The number of hydrogen-bond donors (Lipinski definition) is 2. The van der Waals surface area contributed by atoms with Gasteiger partial charge in [0.25, 0.3) is 8.32 Å². The predicted octanol–water partition coefficient (Wildman–Crippen LogP) is 7.29. The normalized spacial score (nSPS) is 26.6. The van der Waals surface area contributed by atoms with Crippen LogP contribution >= 0.6 is 0 Å². The van der Waals surface area contributed by atoms with Crippen molar-refractivity contribution >= 4 is 24.7 Å². The summed E-state index contributed by atoms with van der Waals surface area (Å²) >= 11 is 0. The van der Waals surface area contributed by atoms with Gasteiger partial charge in [0.1, 0.15) is 0 Å². The second-order valence-electron chi connectivity index (χ2n) is 15.9. The van der Waals surface area contributed by atoms with E-state index in [1.807, 2.05) is 18.2 Å². The molecule has 7 nitrogen and oxygen atoms in total. The maximum absolute atomic E-state index is 12.0. The molecule has 0 saturated carbocycles. The van der Waals surface area contributed by atoms with Crippen LogP contribution < -0.4 is 10.4 Å². The quantitative estimate of drug-likeness (QED) is 0.141. The number of carbonyl (C=O) groups is 1. The van der Waals surface area contributed by atoms with Crippen molar-refractivity contribution in [3.05, 3.63) is 72.8 Å². The molecule has 2 aliphatic heterocycles. The highest BCUT2D eigenvalue weighted by Crippen LogP contribution is 2.40. The zero-order valence-corrected chi connectivity index (χ0v) is 31.9. The van der Waals surface area contributed by atoms with Crippen LogP contribution in [-0.4, -0.2) is 74.3 Å². The van der Waals surface area contributed by atoms with Crippen LogP contribution in [0.2, 0.25) is 5.04 Å². The van der Waals surface area contributed by atoms with Crippen molar-refractivity contribution in [2.75, 3.05) is 7.11 Å². The fourth-order valence-electron chi connectivity index (χ4n) is 7.82. The van der Waals surface area contributed by atoms with Crippen molar-refractivity contribution in [2.24, 2.45) is 11.8 Å². The van der Waals surface area contributed by atoms with Crippen LogP contribution in [0.4, 0.5) is 0 Å². The van der Waals surface area contributed by atoms with Crippen LogP contribution in [0.25, 0.3) is 0 Å². The molecule has 0 aromatic heterocycles. The molecule has 8 atom stereocenters. The average Bonchev–Trinajstić information content (AvgIpc) is 3.04. The second-order valence-corrected chi connectivity index (χ2v) is 20.1. The summed E-state index contributed by atoms with van der Waals surface area (Å²) in [6.45, 7) is 13.4. The Kier molecular flexibility index (Phi) is 14.7. The third-order valence-corrected chi connectivity index (χ3v) is 15.5. The van der Waals surface area contributed by atoms with E-state index in [-0.39, 0.29) is 42.0 Å². The first-order valence-electron chi connectivity index (χ1n) is 18.5. The molecule has 2 aliphatic rings. The summed E-state index contributed by atoms with van der Waals surface area (Å²) < 4.78 is 26.7. The van der Waals surface area contributed by atoms with Gasteiger partial charge < -0.3 is 28.8 Å². The molecule has 2 heterocycles. The summed E-state index contributed by atoms with van der Waals surface area (Å²) in [4.78, 5) is 12.0. The van der Waals surface area contributed by atoms with Gasteiger partial charge in [0.2, 0.25) is 0 Å². The lowest BCUT2D eigenvalue weighted by molar-refractivity contribution is -0.150. The summed E-state index contributed by atoms with van der Waals surface area (Å²) in [6.07, 6.45) is 8.56. The van der Waals surface area contributed by atoms with Crippen molar-refractivity contribution in [3.63, 3.8) is 0 Å². The fraction of sp³-hybridized carbons (Fsp3) is 0.634. The maximum Gasteiger partial charge on any atom is 0.305 e. The SMILES string of the molecule is CO[C@@H](C[C@@H]1C[C@@H](O[Si](c2ccccc2)(c2ccccc2)C(C)(C)C)C[C@H](CC(=O)O)O1)C[C@H]1O[C@H](C[C@H](O)/C=C/CC(C)C)CC[C@@H]1C. The molecule has 2 aromatic carbocycles. The minimum Gasteiger partial charge on any atom is -0.481 e. The molecule has 0 bridgehead atoms. The van der Waals surface area contributed by atoms with Gasteiger partial charge in [0, 0.05) is 20.0 Å². The molecule has 2 N–H and O–H groups in total. The maximum atomic E-state index is 12.0. The Morgan fingerprint density at radius 1 is 0.918 bits per heavy atom. The van der Waals surface area contributed by atoms with Gasteiger partial charge in [0.05, 0.1) is 49.1 Å². The molecule has 49 heavy (non-hydrogen) atoms. The Hall–Kier alpha value is -2.33. The van der Waals surface area contributed by atoms with Crippen molar-refractivity contribution in [3.8, 4) is 0 Å². The number of ether oxygens (including phenoxy) is 3. The average molecular weight is 695 g/mol. The van der Waals surface area contributed by atoms with Crippen molar-refractivity contribution in [1.82, 2.24) is 0 Å². The smallest absolute Gasteiger partial charge is 0.305 e. The molecular weight excluding hydrogens is 633 g/mol. The molecule has 4 rings (SSSR count). The minimum absolute atomic E-state index is 0.00696. The zero-order valence-electron chi connectivity index (χ0n) is 30.9. The zero-order chi connectivity index (χ0) is 35.6. The van der Waals surface area contributed by atoms with E-state index in [9.17, 15) is 15.0 Å². The van der Waals surface area contributed by atoms with Crippen LogP contribution in [0.1, 0.15) is 99.3 Å². The van der Waals surface area contributed by atoms with Gasteiger partial charge in [-0.25, -0.2) is 0 Å². The van der Waals surface area contributed by atoms with Gasteiger partial charge in [-0.15, -0.1) is 0 Å². The highest BCUT2D eigenvalue weighted by atomic mass is 28.4. The third kappa shape index (κ3) is 11.1. The summed E-state index contributed by atoms with van der Waals surface area (Å²) in [5.41, 5.74) is 0. The predicted molar refractivity (Wildman–Crippen MR) is 199 cm³/mol. The number of rotatable bonds is 16. The largest absolute Gasteiger partial charge is 0.481 e. The number of carboxylic acids is 1. The lowest BCUT2D eigenvalue weighted by Gasteiger charge is -2.47. The van der Waals surface area contributed by atoms with E-state index in [2.05, 4.69) is 96.1 Å². The highest BCUT2D eigenvalue weighted by Gasteiger charge is 2.52. The van der Waals surface area contributed by atoms with Crippen molar-refractivity contribution in [2.45, 2.75) is 147 Å². The molecule has 2 aromatic rings. The summed E-state index contributed by atoms with van der Waals surface area (Å²) in [7, 11) is -1.10. The number of aliphatic hydroxyl groups excluding tert-OH is 1. The highest BCUT2D eigenvalue weighted by molar-refractivity contribution is 6.99. The number of aliphatic carboxylic acids is 1. The van der Waals surface area contributed by atoms with E-state index >= 15 is 0 Å². The van der Waals surface area contributed by atoms with Gasteiger partial charge in [-0.1, -0.05) is 114 Å². The first kappa shape index (κ1) is 39.5. The van der Waals surface area contributed by atoms with E-state index in [1.54, 1.807) is 7.11 Å². The molecule has 2 saturated heterocycles. The van der Waals surface area contributed by atoms with Gasteiger partial charge >= 0.3 is 5.97 Å². The van der Waals surface area contributed by atoms with Crippen LogP contribution in [0.5, 0.6) is 0 Å². The lowest BCUT2D eigenvalue weighted by Crippen LogP contribution is -2.68. The van der Waals surface area contributed by atoms with Gasteiger partial charge in [-0.3, -0.25) is 4.79 Å². The number of allylic oxidation sites excluding steroid dienone is 1. The Bertz CT molecular complexity index is 1250. The van der Waals surface area contributed by atoms with Crippen molar-refractivity contribution in [1.29, 1.82) is 0 Å². The third-order valence-electron chi connectivity index (χ3n) is 10.4. The number of aliphatic hydroxyl groups is 1. The van der Waals surface area contributed by atoms with E-state index in [0.717, 1.165) is 25.7 Å². The molecule has 0 unspecified atom stereocenters. The molecule has 0 amide bonds. The molecule has 8 heteroatoms. The van der Waals surface area contributed by atoms with E-state index in [0.29, 0.717) is 37.5 Å². The number of benzene rings is 2.